The lowest BCUT2D eigenvalue weighted by Crippen LogP contribution is -2.44. The molecular formula is C11H13FN2O2. The van der Waals surface area contributed by atoms with E-state index in [9.17, 15) is 14.3 Å². The van der Waals surface area contributed by atoms with E-state index in [2.05, 4.69) is 10.6 Å². The molecular weight excluding hydrogens is 211 g/mol. The molecule has 86 valence electrons. The fourth-order valence-electron chi connectivity index (χ4n) is 1.67. The van der Waals surface area contributed by atoms with Crippen LogP contribution in [0.25, 0.3) is 0 Å². The van der Waals surface area contributed by atoms with Gasteiger partial charge in [0.1, 0.15) is 5.82 Å². The Balaban J connectivity index is 2.10. The van der Waals surface area contributed by atoms with Crippen molar-refractivity contribution in [3.05, 3.63) is 30.1 Å². The molecule has 1 aromatic rings. The van der Waals surface area contributed by atoms with Crippen molar-refractivity contribution in [2.75, 3.05) is 18.4 Å². The molecule has 1 aromatic carbocycles. The largest absolute Gasteiger partial charge is 0.379 e. The van der Waals surface area contributed by atoms with Crippen LogP contribution in [0.5, 0.6) is 0 Å². The topological polar surface area (TPSA) is 61.4 Å². The number of amides is 1. The summed E-state index contributed by atoms with van der Waals surface area (Å²) in [6.45, 7) is 0.786. The summed E-state index contributed by atoms with van der Waals surface area (Å²) in [6.07, 6.45) is 0.341. The first kappa shape index (κ1) is 11.0. The Bertz CT molecular complexity index is 403. The third-order valence-corrected chi connectivity index (χ3v) is 2.68. The minimum Gasteiger partial charge on any atom is -0.379 e. The van der Waals surface area contributed by atoms with Crippen molar-refractivity contribution in [3.8, 4) is 0 Å². The number of β-amino-alcohol motifs (C(OH)–C–C–N with tert-alkyl or cyclic N) is 1. The van der Waals surface area contributed by atoms with Crippen molar-refractivity contribution in [2.24, 2.45) is 0 Å². The molecule has 5 heteroatoms. The molecule has 0 aromatic heterocycles. The van der Waals surface area contributed by atoms with Gasteiger partial charge in [0.15, 0.2) is 5.60 Å². The molecule has 1 fully saturated rings. The van der Waals surface area contributed by atoms with Crippen LogP contribution in [0.1, 0.15) is 6.42 Å². The monoisotopic (exact) mass is 224 g/mol. The summed E-state index contributed by atoms with van der Waals surface area (Å²) in [5, 5.41) is 15.2. The Labute approximate surface area is 92.5 Å². The van der Waals surface area contributed by atoms with Gasteiger partial charge < -0.3 is 15.7 Å². The third kappa shape index (κ3) is 2.05. The Morgan fingerprint density at radius 3 is 2.88 bits per heavy atom. The Kier molecular flexibility index (Phi) is 2.89. The molecule has 3 N–H and O–H groups in total. The zero-order valence-electron chi connectivity index (χ0n) is 8.66. The van der Waals surface area contributed by atoms with Gasteiger partial charge in [-0.05, 0) is 25.1 Å². The van der Waals surface area contributed by atoms with E-state index in [0.717, 1.165) is 0 Å². The van der Waals surface area contributed by atoms with E-state index in [4.69, 9.17) is 0 Å². The molecule has 0 bridgehead atoms. The molecule has 16 heavy (non-hydrogen) atoms. The van der Waals surface area contributed by atoms with Crippen LogP contribution < -0.4 is 10.6 Å². The lowest BCUT2D eigenvalue weighted by Gasteiger charge is -2.20. The van der Waals surface area contributed by atoms with E-state index in [0.29, 0.717) is 13.0 Å². The van der Waals surface area contributed by atoms with Crippen LogP contribution >= 0.6 is 0 Å². The Morgan fingerprint density at radius 2 is 2.25 bits per heavy atom. The van der Waals surface area contributed by atoms with Gasteiger partial charge in [-0.15, -0.1) is 0 Å². The maximum Gasteiger partial charge on any atom is 0.257 e. The molecule has 0 saturated carbocycles. The molecule has 1 amide bonds. The van der Waals surface area contributed by atoms with Crippen LogP contribution in [0.3, 0.4) is 0 Å². The average Bonchev–Trinajstić information content (AvgIpc) is 2.70. The molecule has 1 unspecified atom stereocenters. The van der Waals surface area contributed by atoms with Crippen molar-refractivity contribution in [2.45, 2.75) is 12.0 Å². The lowest BCUT2D eigenvalue weighted by atomic mass is 10.0. The number of benzene rings is 1. The van der Waals surface area contributed by atoms with Gasteiger partial charge >= 0.3 is 0 Å². The molecule has 0 spiro atoms. The number of rotatable bonds is 2. The van der Waals surface area contributed by atoms with Gasteiger partial charge in [0, 0.05) is 6.54 Å². The summed E-state index contributed by atoms with van der Waals surface area (Å²) in [5.41, 5.74) is -1.34. The molecule has 2 rings (SSSR count). The first-order valence-corrected chi connectivity index (χ1v) is 5.11. The van der Waals surface area contributed by atoms with E-state index in [1.807, 2.05) is 0 Å². The minimum atomic E-state index is -1.43. The average molecular weight is 224 g/mol. The second-order valence-electron chi connectivity index (χ2n) is 3.89. The molecule has 1 saturated heterocycles. The molecule has 0 radical (unpaired) electrons. The summed E-state index contributed by atoms with van der Waals surface area (Å²) >= 11 is 0. The number of halogens is 1. The molecule has 1 aliphatic heterocycles. The first-order chi connectivity index (χ1) is 7.62. The normalized spacial score (nSPS) is 24.4. The number of hydrogen-bond donors (Lipinski definition) is 3. The minimum absolute atomic E-state index is 0.0906. The number of carbonyl (C=O) groups excluding carboxylic acids is 1. The van der Waals surface area contributed by atoms with E-state index in [1.54, 1.807) is 6.07 Å². The highest BCUT2D eigenvalue weighted by Gasteiger charge is 2.39. The Hall–Kier alpha value is -1.46. The van der Waals surface area contributed by atoms with Gasteiger partial charge in [0.25, 0.3) is 5.91 Å². The maximum absolute atomic E-state index is 13.2. The van der Waals surface area contributed by atoms with Crippen LogP contribution in [0, 0.1) is 5.82 Å². The highest BCUT2D eigenvalue weighted by molar-refractivity contribution is 5.97. The molecule has 0 aliphatic carbocycles. The standard InChI is InChI=1S/C11H13FN2O2/c12-8-3-1-2-4-9(8)14-10(15)11(16)5-6-13-7-11/h1-4,13,16H,5-7H2,(H,14,15). The second-order valence-corrected chi connectivity index (χ2v) is 3.89. The fourth-order valence-corrected chi connectivity index (χ4v) is 1.67. The molecule has 1 heterocycles. The van der Waals surface area contributed by atoms with Crippen LogP contribution in [-0.4, -0.2) is 29.7 Å². The van der Waals surface area contributed by atoms with E-state index in [-0.39, 0.29) is 12.2 Å². The van der Waals surface area contributed by atoms with Gasteiger partial charge in [-0.1, -0.05) is 12.1 Å². The first-order valence-electron chi connectivity index (χ1n) is 5.11. The summed E-state index contributed by atoms with van der Waals surface area (Å²) < 4.78 is 13.2. The number of carbonyl (C=O) groups is 1. The van der Waals surface area contributed by atoms with Crippen molar-refractivity contribution in [1.82, 2.24) is 5.32 Å². The molecule has 4 nitrogen and oxygen atoms in total. The number of anilines is 1. The maximum atomic E-state index is 13.2. The number of nitrogens with one attached hydrogen (secondary N) is 2. The predicted molar refractivity (Wildman–Crippen MR) is 57.5 cm³/mol. The summed E-state index contributed by atoms with van der Waals surface area (Å²) in [4.78, 5) is 11.7. The van der Waals surface area contributed by atoms with Gasteiger partial charge in [-0.3, -0.25) is 4.79 Å². The lowest BCUT2D eigenvalue weighted by molar-refractivity contribution is -0.132. The second kappa shape index (κ2) is 4.19. The summed E-state index contributed by atoms with van der Waals surface area (Å²) in [6, 6.07) is 5.87. The van der Waals surface area contributed by atoms with E-state index in [1.165, 1.54) is 18.2 Å². The van der Waals surface area contributed by atoms with E-state index >= 15 is 0 Å². The highest BCUT2D eigenvalue weighted by atomic mass is 19.1. The van der Waals surface area contributed by atoms with Crippen molar-refractivity contribution < 1.29 is 14.3 Å². The fraction of sp³-hybridized carbons (Fsp3) is 0.364. The zero-order valence-corrected chi connectivity index (χ0v) is 8.66. The van der Waals surface area contributed by atoms with Crippen molar-refractivity contribution in [1.29, 1.82) is 0 Å². The van der Waals surface area contributed by atoms with Gasteiger partial charge in [0.2, 0.25) is 0 Å². The predicted octanol–water partition coefficient (Wildman–Crippen LogP) is 0.489. The number of para-hydroxylation sites is 1. The smallest absolute Gasteiger partial charge is 0.257 e. The van der Waals surface area contributed by atoms with Crippen LogP contribution in [0.15, 0.2) is 24.3 Å². The summed E-state index contributed by atoms with van der Waals surface area (Å²) in [5.74, 6) is -1.08. The zero-order chi connectivity index (χ0) is 11.6. The third-order valence-electron chi connectivity index (χ3n) is 2.68. The number of hydrogen-bond acceptors (Lipinski definition) is 3. The summed E-state index contributed by atoms with van der Waals surface area (Å²) in [7, 11) is 0. The van der Waals surface area contributed by atoms with E-state index < -0.39 is 17.3 Å². The number of aliphatic hydroxyl groups is 1. The van der Waals surface area contributed by atoms with Gasteiger partial charge in [-0.2, -0.15) is 0 Å². The van der Waals surface area contributed by atoms with Gasteiger partial charge in [-0.25, -0.2) is 4.39 Å². The van der Waals surface area contributed by atoms with Crippen LogP contribution in [0.4, 0.5) is 10.1 Å². The van der Waals surface area contributed by atoms with Gasteiger partial charge in [0.05, 0.1) is 5.69 Å². The van der Waals surface area contributed by atoms with Crippen molar-refractivity contribution >= 4 is 11.6 Å². The molecule has 1 atom stereocenters. The Morgan fingerprint density at radius 1 is 1.50 bits per heavy atom. The molecule has 1 aliphatic rings. The SMILES string of the molecule is O=C(Nc1ccccc1F)C1(O)CCNC1. The van der Waals surface area contributed by atoms with Crippen LogP contribution in [0.2, 0.25) is 0 Å². The highest BCUT2D eigenvalue weighted by Crippen LogP contribution is 2.19. The van der Waals surface area contributed by atoms with Crippen LogP contribution in [-0.2, 0) is 4.79 Å². The quantitative estimate of drug-likeness (QED) is 0.685. The van der Waals surface area contributed by atoms with Crippen molar-refractivity contribution in [3.63, 3.8) is 0 Å².